The Hall–Kier alpha value is -2.23. The Morgan fingerprint density at radius 3 is 2.76 bits per heavy atom. The number of ether oxygens (including phenoxy) is 1. The molecule has 1 heterocycles. The topological polar surface area (TPSA) is 39.2 Å². The maximum Gasteiger partial charge on any atom is 0.337 e. The van der Waals surface area contributed by atoms with Crippen LogP contribution in [0.4, 0.5) is 4.39 Å². The highest BCUT2D eigenvalue weighted by Crippen LogP contribution is 2.18. The molecule has 0 bridgehead atoms. The molecule has 2 rings (SSSR count). The lowest BCUT2D eigenvalue weighted by atomic mass is 10.1. The molecule has 0 N–H and O–H groups in total. The molecule has 0 atom stereocenters. The second-order valence-corrected chi connectivity index (χ2v) is 3.43. The number of aromatic nitrogens is 1. The van der Waals surface area contributed by atoms with Crippen molar-refractivity contribution in [3.05, 3.63) is 54.0 Å². The van der Waals surface area contributed by atoms with Gasteiger partial charge in [-0.25, -0.2) is 9.18 Å². The Bertz CT molecular complexity index is 537. The van der Waals surface area contributed by atoms with Crippen LogP contribution >= 0.6 is 0 Å². The molecule has 3 nitrogen and oxygen atoms in total. The van der Waals surface area contributed by atoms with E-state index in [4.69, 9.17) is 0 Å². The van der Waals surface area contributed by atoms with Crippen molar-refractivity contribution >= 4 is 5.97 Å². The van der Waals surface area contributed by atoms with Crippen molar-refractivity contribution in [2.75, 3.05) is 7.11 Å². The Kier molecular flexibility index (Phi) is 3.14. The molecular weight excluding hydrogens is 221 g/mol. The minimum atomic E-state index is -0.408. The molecule has 1 aromatic carbocycles. The highest BCUT2D eigenvalue weighted by atomic mass is 19.1. The Morgan fingerprint density at radius 2 is 2.12 bits per heavy atom. The lowest BCUT2D eigenvalue weighted by molar-refractivity contribution is 0.0601. The van der Waals surface area contributed by atoms with Gasteiger partial charge in [0.1, 0.15) is 5.82 Å². The average molecular weight is 231 g/mol. The van der Waals surface area contributed by atoms with Crippen molar-refractivity contribution < 1.29 is 13.9 Å². The number of esters is 1. The molecule has 1 aromatic heterocycles. The van der Waals surface area contributed by atoms with Crippen LogP contribution in [0.15, 0.2) is 42.6 Å². The van der Waals surface area contributed by atoms with Gasteiger partial charge in [0.05, 0.1) is 24.6 Å². The van der Waals surface area contributed by atoms with Crippen LogP contribution in [-0.2, 0) is 4.74 Å². The second-order valence-electron chi connectivity index (χ2n) is 3.43. The number of rotatable bonds is 2. The van der Waals surface area contributed by atoms with E-state index in [-0.39, 0.29) is 0 Å². The van der Waals surface area contributed by atoms with Crippen LogP contribution in [0.2, 0.25) is 0 Å². The van der Waals surface area contributed by atoms with Gasteiger partial charge in [-0.15, -0.1) is 0 Å². The van der Waals surface area contributed by atoms with Gasteiger partial charge < -0.3 is 4.74 Å². The van der Waals surface area contributed by atoms with Crippen molar-refractivity contribution in [1.29, 1.82) is 0 Å². The van der Waals surface area contributed by atoms with Gasteiger partial charge >= 0.3 is 5.97 Å². The summed E-state index contributed by atoms with van der Waals surface area (Å²) in [5.74, 6) is -0.799. The summed E-state index contributed by atoms with van der Waals surface area (Å²) in [7, 11) is 1.32. The summed E-state index contributed by atoms with van der Waals surface area (Å²) < 4.78 is 17.4. The van der Waals surface area contributed by atoms with Crippen LogP contribution in [0.5, 0.6) is 0 Å². The van der Waals surface area contributed by atoms with E-state index in [1.807, 2.05) is 0 Å². The van der Waals surface area contributed by atoms with Gasteiger partial charge in [0.15, 0.2) is 0 Å². The SMILES string of the molecule is COC(=O)c1cccc(-c2ccc(F)cn2)c1. The van der Waals surface area contributed by atoms with Crippen LogP contribution in [0.3, 0.4) is 0 Å². The molecule has 0 unspecified atom stereocenters. The zero-order valence-electron chi connectivity index (χ0n) is 9.18. The zero-order chi connectivity index (χ0) is 12.3. The molecule has 0 spiro atoms. The lowest BCUT2D eigenvalue weighted by Crippen LogP contribution is -2.00. The van der Waals surface area contributed by atoms with E-state index in [1.54, 1.807) is 30.3 Å². The Morgan fingerprint density at radius 1 is 1.29 bits per heavy atom. The van der Waals surface area contributed by atoms with Crippen LogP contribution in [0, 0.1) is 5.82 Å². The molecule has 17 heavy (non-hydrogen) atoms. The molecule has 0 aliphatic heterocycles. The van der Waals surface area contributed by atoms with E-state index < -0.39 is 11.8 Å². The third-order valence-corrected chi connectivity index (χ3v) is 2.31. The molecule has 0 saturated carbocycles. The van der Waals surface area contributed by atoms with Crippen molar-refractivity contribution in [2.45, 2.75) is 0 Å². The summed E-state index contributed by atoms with van der Waals surface area (Å²) in [4.78, 5) is 15.3. The number of halogens is 1. The first kappa shape index (κ1) is 11.3. The Labute approximate surface area is 97.9 Å². The van der Waals surface area contributed by atoms with E-state index >= 15 is 0 Å². The molecule has 86 valence electrons. The van der Waals surface area contributed by atoms with Crippen molar-refractivity contribution in [3.63, 3.8) is 0 Å². The van der Waals surface area contributed by atoms with E-state index in [9.17, 15) is 9.18 Å². The number of hydrogen-bond acceptors (Lipinski definition) is 3. The van der Waals surface area contributed by atoms with Gasteiger partial charge in [-0.05, 0) is 24.3 Å². The van der Waals surface area contributed by atoms with Gasteiger partial charge in [0.2, 0.25) is 0 Å². The predicted octanol–water partition coefficient (Wildman–Crippen LogP) is 2.67. The smallest absolute Gasteiger partial charge is 0.337 e. The maximum absolute atomic E-state index is 12.7. The molecule has 4 heteroatoms. The van der Waals surface area contributed by atoms with Gasteiger partial charge in [0, 0.05) is 5.56 Å². The summed E-state index contributed by atoms with van der Waals surface area (Å²) in [6.45, 7) is 0. The molecular formula is C13H10FNO2. The lowest BCUT2D eigenvalue weighted by Gasteiger charge is -2.03. The van der Waals surface area contributed by atoms with Crippen LogP contribution in [-0.4, -0.2) is 18.1 Å². The summed E-state index contributed by atoms with van der Waals surface area (Å²) in [6, 6.07) is 9.73. The first-order valence-electron chi connectivity index (χ1n) is 5.01. The predicted molar refractivity (Wildman–Crippen MR) is 61.0 cm³/mol. The van der Waals surface area contributed by atoms with Crippen LogP contribution < -0.4 is 0 Å². The third kappa shape index (κ3) is 2.47. The van der Waals surface area contributed by atoms with Crippen LogP contribution in [0.25, 0.3) is 11.3 Å². The standard InChI is InChI=1S/C13H10FNO2/c1-17-13(16)10-4-2-3-9(7-10)12-6-5-11(14)8-15-12/h2-8H,1H3. The summed E-state index contributed by atoms with van der Waals surface area (Å²) in [5.41, 5.74) is 1.79. The first-order chi connectivity index (χ1) is 8.20. The van der Waals surface area contributed by atoms with E-state index in [0.29, 0.717) is 11.3 Å². The van der Waals surface area contributed by atoms with Gasteiger partial charge in [-0.3, -0.25) is 4.98 Å². The Balaban J connectivity index is 2.39. The normalized spacial score (nSPS) is 10.0. The quantitative estimate of drug-likeness (QED) is 0.746. The third-order valence-electron chi connectivity index (χ3n) is 2.31. The second kappa shape index (κ2) is 4.74. The van der Waals surface area contributed by atoms with Crippen molar-refractivity contribution in [1.82, 2.24) is 4.98 Å². The summed E-state index contributed by atoms with van der Waals surface area (Å²) in [5, 5.41) is 0. The van der Waals surface area contributed by atoms with E-state index in [2.05, 4.69) is 9.72 Å². The zero-order valence-corrected chi connectivity index (χ0v) is 9.18. The van der Waals surface area contributed by atoms with Crippen molar-refractivity contribution in [3.8, 4) is 11.3 Å². The fourth-order valence-corrected chi connectivity index (χ4v) is 1.47. The highest BCUT2D eigenvalue weighted by Gasteiger charge is 2.07. The summed E-state index contributed by atoms with van der Waals surface area (Å²) in [6.07, 6.45) is 1.14. The summed E-state index contributed by atoms with van der Waals surface area (Å²) >= 11 is 0. The largest absolute Gasteiger partial charge is 0.465 e. The number of benzene rings is 1. The van der Waals surface area contributed by atoms with Crippen molar-refractivity contribution in [2.24, 2.45) is 0 Å². The molecule has 0 radical (unpaired) electrons. The number of carbonyl (C=O) groups excluding carboxylic acids is 1. The highest BCUT2D eigenvalue weighted by molar-refractivity contribution is 5.90. The minimum Gasteiger partial charge on any atom is -0.465 e. The fourth-order valence-electron chi connectivity index (χ4n) is 1.47. The van der Waals surface area contributed by atoms with E-state index in [0.717, 1.165) is 11.8 Å². The van der Waals surface area contributed by atoms with Gasteiger partial charge in [-0.1, -0.05) is 12.1 Å². The van der Waals surface area contributed by atoms with Crippen LogP contribution in [0.1, 0.15) is 10.4 Å². The first-order valence-corrected chi connectivity index (χ1v) is 5.01. The maximum atomic E-state index is 12.7. The fraction of sp³-hybridized carbons (Fsp3) is 0.0769. The molecule has 0 aliphatic rings. The van der Waals surface area contributed by atoms with Gasteiger partial charge in [0.25, 0.3) is 0 Å². The molecule has 0 fully saturated rings. The average Bonchev–Trinajstić information content (AvgIpc) is 2.39. The molecule has 0 saturated heterocycles. The molecule has 0 aliphatic carbocycles. The number of pyridine rings is 1. The number of hydrogen-bond donors (Lipinski definition) is 0. The minimum absolute atomic E-state index is 0.391. The van der Waals surface area contributed by atoms with E-state index in [1.165, 1.54) is 13.2 Å². The number of methoxy groups -OCH3 is 1. The monoisotopic (exact) mass is 231 g/mol. The number of nitrogens with zero attached hydrogens (tertiary/aromatic N) is 1. The number of carbonyl (C=O) groups is 1. The molecule has 0 amide bonds. The molecule has 2 aromatic rings. The van der Waals surface area contributed by atoms with Gasteiger partial charge in [-0.2, -0.15) is 0 Å².